The second-order valence-electron chi connectivity index (χ2n) is 16.6. The Morgan fingerprint density at radius 1 is 0.950 bits per heavy atom. The van der Waals surface area contributed by atoms with Crippen molar-refractivity contribution in [3.8, 4) is 5.82 Å². The van der Waals surface area contributed by atoms with Gasteiger partial charge in [-0.25, -0.2) is 14.5 Å². The van der Waals surface area contributed by atoms with Crippen molar-refractivity contribution in [3.05, 3.63) is 109 Å². The lowest BCUT2D eigenvalue weighted by molar-refractivity contribution is -0.153. The van der Waals surface area contributed by atoms with E-state index in [-0.39, 0.29) is 50.5 Å². The van der Waals surface area contributed by atoms with Crippen LogP contribution in [-0.2, 0) is 25.2 Å². The van der Waals surface area contributed by atoms with Crippen LogP contribution in [0.2, 0.25) is 10.0 Å². The molecule has 1 aliphatic carbocycles. The Morgan fingerprint density at radius 3 is 2.15 bits per heavy atom. The molecule has 0 unspecified atom stereocenters. The molecule has 2 aromatic heterocycles. The standard InChI is InChI=1S/C23H30O4.C21H18Cl2F3N5O2/c1-14-11-15(2)18(16(3)12-14)19-20(26-17(24)13-22(4,5)6)23(27-21(19)25)9-7-8-10-23;1-10(2)28-19(32)13-8-12(22)7-11(3)17(13)29-20(33)15-9-16(21(24,25)26)30-31(15)18-14(23)5-4-6-27-18/h11-12H,7-10,13H2,1-6H3;4-10H,1-3H3,(H,28,32)(H,29,33). The summed E-state index contributed by atoms with van der Waals surface area (Å²) in [7, 11) is 0. The van der Waals surface area contributed by atoms with Crippen molar-refractivity contribution in [1.29, 1.82) is 0 Å². The number of ether oxygens (including phenoxy) is 2. The van der Waals surface area contributed by atoms with Gasteiger partial charge in [-0.2, -0.15) is 18.3 Å². The van der Waals surface area contributed by atoms with Crippen LogP contribution in [0.15, 0.2) is 54.4 Å². The number of nitrogens with one attached hydrogen (secondary N) is 2. The Kier molecular flexibility index (Phi) is 13.6. The van der Waals surface area contributed by atoms with Crippen LogP contribution in [0.5, 0.6) is 0 Å². The number of amides is 2. The Hall–Kier alpha value is -5.21. The van der Waals surface area contributed by atoms with E-state index in [1.165, 1.54) is 30.5 Å². The molecule has 2 amide bonds. The van der Waals surface area contributed by atoms with Gasteiger partial charge in [-0.05, 0) is 119 Å². The first-order chi connectivity index (χ1) is 27.9. The van der Waals surface area contributed by atoms with Crippen molar-refractivity contribution >= 4 is 58.2 Å². The summed E-state index contributed by atoms with van der Waals surface area (Å²) < 4.78 is 52.6. The minimum absolute atomic E-state index is 0.0111. The molecule has 0 radical (unpaired) electrons. The number of benzene rings is 2. The highest BCUT2D eigenvalue weighted by Crippen LogP contribution is 2.49. The average Bonchev–Trinajstić information content (AvgIpc) is 3.83. The highest BCUT2D eigenvalue weighted by atomic mass is 35.5. The fraction of sp³-hybridized carbons (Fsp3) is 0.409. The SMILES string of the molecule is Cc1cc(C)c(C2=C(OC(=O)CC(C)(C)C)C3(CCCC3)OC2=O)c(C)c1.Cc1cc(Cl)cc(C(=O)NC(C)C)c1NC(=O)c1cc(C(F)(F)F)nn1-c1ncccc1Cl. The first-order valence-electron chi connectivity index (χ1n) is 19.4. The average molecular weight is 871 g/mol. The first kappa shape index (κ1) is 45.9. The molecular weight excluding hydrogens is 822 g/mol. The zero-order valence-corrected chi connectivity index (χ0v) is 36.4. The van der Waals surface area contributed by atoms with Crippen LogP contribution >= 0.6 is 23.2 Å². The molecule has 2 aliphatic rings. The third kappa shape index (κ3) is 10.4. The number of esters is 2. The number of aryl methyl sites for hydroxylation is 4. The van der Waals surface area contributed by atoms with Gasteiger partial charge in [0.2, 0.25) is 0 Å². The number of pyridine rings is 1. The van der Waals surface area contributed by atoms with Crippen LogP contribution in [0.1, 0.15) is 121 Å². The van der Waals surface area contributed by atoms with E-state index in [1.807, 2.05) is 41.5 Å². The van der Waals surface area contributed by atoms with Crippen LogP contribution in [0.25, 0.3) is 11.4 Å². The third-order valence-corrected chi connectivity index (χ3v) is 10.3. The van der Waals surface area contributed by atoms with E-state index in [4.69, 9.17) is 32.7 Å². The van der Waals surface area contributed by atoms with Crippen molar-refractivity contribution in [2.45, 2.75) is 112 Å². The number of alkyl halides is 3. The lowest BCUT2D eigenvalue weighted by Crippen LogP contribution is -2.31. The molecule has 0 bridgehead atoms. The maximum atomic E-state index is 13.4. The van der Waals surface area contributed by atoms with E-state index in [0.29, 0.717) is 46.9 Å². The van der Waals surface area contributed by atoms with Crippen molar-refractivity contribution in [1.82, 2.24) is 20.1 Å². The van der Waals surface area contributed by atoms with Gasteiger partial charge in [0.25, 0.3) is 11.8 Å². The smallest absolute Gasteiger partial charge is 0.435 e. The maximum absolute atomic E-state index is 13.4. The molecule has 1 fully saturated rings. The summed E-state index contributed by atoms with van der Waals surface area (Å²) in [6.45, 7) is 17.1. The van der Waals surface area contributed by atoms with Crippen molar-refractivity contribution < 1.29 is 41.8 Å². The Labute approximate surface area is 357 Å². The Balaban J connectivity index is 0.000000232. The Morgan fingerprint density at radius 2 is 1.58 bits per heavy atom. The molecule has 2 aromatic carbocycles. The van der Waals surface area contributed by atoms with E-state index in [2.05, 4.69) is 32.8 Å². The van der Waals surface area contributed by atoms with Crippen molar-refractivity contribution in [2.75, 3.05) is 5.32 Å². The van der Waals surface area contributed by atoms with Gasteiger partial charge in [0, 0.05) is 23.3 Å². The molecule has 11 nitrogen and oxygen atoms in total. The van der Waals surface area contributed by atoms with Gasteiger partial charge in [-0.1, -0.05) is 61.7 Å². The van der Waals surface area contributed by atoms with E-state index in [1.54, 1.807) is 20.8 Å². The second kappa shape index (κ2) is 17.8. The Bertz CT molecular complexity index is 2350. The molecular formula is C44H48Cl2F3N5O6. The monoisotopic (exact) mass is 869 g/mol. The fourth-order valence-electron chi connectivity index (χ4n) is 7.37. The fourth-order valence-corrected chi connectivity index (χ4v) is 7.84. The summed E-state index contributed by atoms with van der Waals surface area (Å²) >= 11 is 12.2. The molecule has 2 N–H and O–H groups in total. The first-order valence-corrected chi connectivity index (χ1v) is 20.1. The van der Waals surface area contributed by atoms with E-state index < -0.39 is 35.0 Å². The predicted octanol–water partition coefficient (Wildman–Crippen LogP) is 10.5. The lowest BCUT2D eigenvalue weighted by atomic mass is 9.89. The molecule has 3 heterocycles. The van der Waals surface area contributed by atoms with E-state index in [9.17, 15) is 32.3 Å². The van der Waals surface area contributed by atoms with Gasteiger partial charge in [-0.3, -0.25) is 14.4 Å². The number of nitrogens with zero attached hydrogens (tertiary/aromatic N) is 3. The van der Waals surface area contributed by atoms with E-state index >= 15 is 0 Å². The topological polar surface area (TPSA) is 142 Å². The number of anilines is 1. The van der Waals surface area contributed by atoms with Gasteiger partial charge >= 0.3 is 18.1 Å². The number of aromatic nitrogens is 3. The van der Waals surface area contributed by atoms with E-state index in [0.717, 1.165) is 35.1 Å². The van der Waals surface area contributed by atoms with Crippen LogP contribution in [0, 0.1) is 33.1 Å². The van der Waals surface area contributed by atoms with Gasteiger partial charge < -0.3 is 20.1 Å². The minimum atomic E-state index is -4.82. The number of carbonyl (C=O) groups is 4. The third-order valence-electron chi connectivity index (χ3n) is 9.74. The summed E-state index contributed by atoms with van der Waals surface area (Å²) in [5.74, 6) is -1.86. The van der Waals surface area contributed by atoms with Crippen LogP contribution < -0.4 is 10.6 Å². The number of hydrogen-bond donors (Lipinski definition) is 2. The molecule has 320 valence electrons. The minimum Gasteiger partial charge on any atom is -0.447 e. The van der Waals surface area contributed by atoms with Gasteiger partial charge in [0.15, 0.2) is 22.9 Å². The highest BCUT2D eigenvalue weighted by molar-refractivity contribution is 6.32. The van der Waals surface area contributed by atoms with Crippen LogP contribution in [-0.4, -0.2) is 50.2 Å². The second-order valence-corrected chi connectivity index (χ2v) is 17.5. The largest absolute Gasteiger partial charge is 0.447 e. The molecule has 60 heavy (non-hydrogen) atoms. The number of halogens is 5. The molecule has 0 saturated heterocycles. The molecule has 0 atom stereocenters. The number of rotatable bonds is 8. The molecule has 4 aromatic rings. The summed E-state index contributed by atoms with van der Waals surface area (Å²) in [5, 5.41) is 8.94. The molecule has 1 saturated carbocycles. The predicted molar refractivity (Wildman–Crippen MR) is 223 cm³/mol. The zero-order chi connectivity index (χ0) is 44.5. The summed E-state index contributed by atoms with van der Waals surface area (Å²) in [6.07, 6.45) is 0.129. The number of hydrogen-bond acceptors (Lipinski definition) is 8. The van der Waals surface area contributed by atoms with Gasteiger partial charge in [-0.15, -0.1) is 0 Å². The summed E-state index contributed by atoms with van der Waals surface area (Å²) in [6, 6.07) is 10.2. The normalized spacial score (nSPS) is 14.9. The van der Waals surface area contributed by atoms with Crippen LogP contribution in [0.4, 0.5) is 18.9 Å². The quantitative estimate of drug-likeness (QED) is 0.167. The molecule has 1 aliphatic heterocycles. The maximum Gasteiger partial charge on any atom is 0.435 e. The summed E-state index contributed by atoms with van der Waals surface area (Å²) in [4.78, 5) is 55.3. The molecule has 6 rings (SSSR count). The van der Waals surface area contributed by atoms with Crippen LogP contribution in [0.3, 0.4) is 0 Å². The molecule has 1 spiro atoms. The van der Waals surface area contributed by atoms with Gasteiger partial charge in [0.05, 0.1) is 22.7 Å². The molecule has 16 heteroatoms. The highest BCUT2D eigenvalue weighted by Gasteiger charge is 2.52. The zero-order valence-electron chi connectivity index (χ0n) is 34.9. The van der Waals surface area contributed by atoms with Crippen molar-refractivity contribution in [3.63, 3.8) is 0 Å². The number of carbonyl (C=O) groups excluding carboxylic acids is 4. The van der Waals surface area contributed by atoms with Crippen molar-refractivity contribution in [2.24, 2.45) is 5.41 Å². The summed E-state index contributed by atoms with van der Waals surface area (Å²) in [5.41, 5.74) is 2.26. The van der Waals surface area contributed by atoms with Gasteiger partial charge in [0.1, 0.15) is 11.3 Å². The lowest BCUT2D eigenvalue weighted by Gasteiger charge is -2.26.